The highest BCUT2D eigenvalue weighted by Gasteiger charge is 2.13. The molecule has 0 fully saturated rings. The van der Waals surface area contributed by atoms with Crippen molar-refractivity contribution in [1.82, 2.24) is 4.98 Å². The van der Waals surface area contributed by atoms with Crippen molar-refractivity contribution in [3.05, 3.63) is 22.4 Å². The monoisotopic (exact) mass is 245 g/mol. The Morgan fingerprint density at radius 3 is 3.00 bits per heavy atom. The molecule has 0 aliphatic carbocycles. The lowest BCUT2D eigenvalue weighted by molar-refractivity contribution is 0.0516. The number of aromatic hydroxyl groups is 1. The number of aromatic nitrogens is 1. The number of rotatable bonds is 2. The van der Waals surface area contributed by atoms with Gasteiger partial charge in [-0.3, -0.25) is 0 Å². The Hall–Kier alpha value is -1.10. The molecule has 0 amide bonds. The number of ether oxygens (including phenoxy) is 1. The first-order valence-corrected chi connectivity index (χ1v) is 4.46. The summed E-state index contributed by atoms with van der Waals surface area (Å²) in [7, 11) is 0. The number of pyridine rings is 1. The van der Waals surface area contributed by atoms with Crippen molar-refractivity contribution in [3.63, 3.8) is 0 Å². The molecule has 1 heterocycles. The van der Waals surface area contributed by atoms with Gasteiger partial charge >= 0.3 is 5.97 Å². The molecule has 0 aromatic carbocycles. The van der Waals surface area contributed by atoms with Crippen LogP contribution in [0.5, 0.6) is 5.75 Å². The Kier molecular flexibility index (Phi) is 3.25. The van der Waals surface area contributed by atoms with E-state index in [-0.39, 0.29) is 18.1 Å². The maximum absolute atomic E-state index is 11.1. The van der Waals surface area contributed by atoms with Crippen LogP contribution in [-0.2, 0) is 4.74 Å². The first-order chi connectivity index (χ1) is 6.15. The molecule has 0 bridgehead atoms. The van der Waals surface area contributed by atoms with Gasteiger partial charge in [0.2, 0.25) is 0 Å². The zero-order valence-electron chi connectivity index (χ0n) is 6.95. The van der Waals surface area contributed by atoms with E-state index < -0.39 is 5.97 Å². The molecule has 0 saturated heterocycles. The highest BCUT2D eigenvalue weighted by molar-refractivity contribution is 9.10. The minimum Gasteiger partial charge on any atom is -0.505 e. The van der Waals surface area contributed by atoms with Gasteiger partial charge in [0.1, 0.15) is 5.75 Å². The van der Waals surface area contributed by atoms with Crippen molar-refractivity contribution in [2.24, 2.45) is 0 Å². The van der Waals surface area contributed by atoms with Crippen molar-refractivity contribution >= 4 is 21.9 Å². The molecule has 0 aliphatic rings. The molecule has 0 saturated carbocycles. The molecule has 13 heavy (non-hydrogen) atoms. The number of halogens is 1. The number of carbonyl (C=O) groups excluding carboxylic acids is 1. The van der Waals surface area contributed by atoms with E-state index in [4.69, 9.17) is 0 Å². The Morgan fingerprint density at radius 1 is 1.77 bits per heavy atom. The van der Waals surface area contributed by atoms with Crippen LogP contribution in [-0.4, -0.2) is 22.7 Å². The van der Waals surface area contributed by atoms with Crippen LogP contribution in [0.3, 0.4) is 0 Å². The van der Waals surface area contributed by atoms with E-state index in [0.717, 1.165) is 0 Å². The van der Waals surface area contributed by atoms with Crippen LogP contribution in [0.4, 0.5) is 0 Å². The van der Waals surface area contributed by atoms with E-state index in [1.54, 1.807) is 6.92 Å². The van der Waals surface area contributed by atoms with Crippen molar-refractivity contribution < 1.29 is 14.6 Å². The lowest BCUT2D eigenvalue weighted by atomic mass is 10.3. The van der Waals surface area contributed by atoms with Gasteiger partial charge in [0, 0.05) is 10.7 Å². The Morgan fingerprint density at radius 2 is 2.46 bits per heavy atom. The quantitative estimate of drug-likeness (QED) is 0.807. The third-order valence-corrected chi connectivity index (χ3v) is 1.74. The molecular formula is C8H8BrNO3. The number of hydrogen-bond donors (Lipinski definition) is 1. The van der Waals surface area contributed by atoms with Gasteiger partial charge in [0.05, 0.1) is 6.61 Å². The highest BCUT2D eigenvalue weighted by Crippen LogP contribution is 2.20. The molecule has 1 aromatic heterocycles. The average Bonchev–Trinajstić information content (AvgIpc) is 2.04. The first-order valence-electron chi connectivity index (χ1n) is 3.66. The predicted octanol–water partition coefficient (Wildman–Crippen LogP) is 1.73. The summed E-state index contributed by atoms with van der Waals surface area (Å²) in [6.45, 7) is 1.95. The Bertz CT molecular complexity index is 327. The molecule has 5 heteroatoms. The third-order valence-electron chi connectivity index (χ3n) is 1.30. The van der Waals surface area contributed by atoms with Crippen molar-refractivity contribution in [1.29, 1.82) is 0 Å². The maximum atomic E-state index is 11.1. The largest absolute Gasteiger partial charge is 0.505 e. The van der Waals surface area contributed by atoms with E-state index in [9.17, 15) is 9.90 Å². The second kappa shape index (κ2) is 4.23. The fourth-order valence-electron chi connectivity index (χ4n) is 0.785. The summed E-state index contributed by atoms with van der Waals surface area (Å²) in [5.74, 6) is -0.805. The smallest absolute Gasteiger partial charge is 0.360 e. The summed E-state index contributed by atoms with van der Waals surface area (Å²) in [5, 5.41) is 9.30. The molecule has 1 N–H and O–H groups in total. The fourth-order valence-corrected chi connectivity index (χ4v) is 1.10. The molecule has 70 valence electrons. The Balaban J connectivity index is 2.95. The van der Waals surface area contributed by atoms with Gasteiger partial charge in [-0.1, -0.05) is 0 Å². The number of nitrogens with zero attached hydrogens (tertiary/aromatic N) is 1. The van der Waals surface area contributed by atoms with E-state index >= 15 is 0 Å². The Labute approximate surface area is 83.7 Å². The first kappa shape index (κ1) is 9.98. The molecule has 0 atom stereocenters. The summed E-state index contributed by atoms with van der Waals surface area (Å²) in [6.07, 6.45) is 1.42. The zero-order chi connectivity index (χ0) is 9.84. The van der Waals surface area contributed by atoms with E-state index in [1.807, 2.05) is 0 Å². The van der Waals surface area contributed by atoms with Gasteiger partial charge in [0.25, 0.3) is 0 Å². The molecule has 1 rings (SSSR count). The zero-order valence-corrected chi connectivity index (χ0v) is 8.54. The summed E-state index contributed by atoms with van der Waals surface area (Å²) in [4.78, 5) is 14.8. The van der Waals surface area contributed by atoms with Crippen molar-refractivity contribution in [2.45, 2.75) is 6.92 Å². The van der Waals surface area contributed by atoms with Gasteiger partial charge in [0.15, 0.2) is 5.69 Å². The van der Waals surface area contributed by atoms with Gasteiger partial charge < -0.3 is 9.84 Å². The van der Waals surface area contributed by atoms with Gasteiger partial charge in [-0.2, -0.15) is 0 Å². The molecule has 0 spiro atoms. The highest BCUT2D eigenvalue weighted by atomic mass is 79.9. The minimum absolute atomic E-state index is 0.0648. The summed E-state index contributed by atoms with van der Waals surface area (Å²) in [5.41, 5.74) is -0.0648. The molecule has 0 radical (unpaired) electrons. The van der Waals surface area contributed by atoms with Crippen LogP contribution in [0, 0.1) is 0 Å². The second-order valence-corrected chi connectivity index (χ2v) is 3.16. The van der Waals surface area contributed by atoms with Crippen molar-refractivity contribution in [3.8, 4) is 5.75 Å². The molecule has 1 aromatic rings. The third kappa shape index (κ3) is 2.42. The topological polar surface area (TPSA) is 59.4 Å². The maximum Gasteiger partial charge on any atom is 0.360 e. The lowest BCUT2D eigenvalue weighted by Gasteiger charge is -2.02. The fraction of sp³-hybridized carbons (Fsp3) is 0.250. The predicted molar refractivity (Wildman–Crippen MR) is 49.6 cm³/mol. The SMILES string of the molecule is CCOC(=O)c1ncc(Br)cc1O. The van der Waals surface area contributed by atoms with Gasteiger partial charge in [-0.15, -0.1) is 0 Å². The van der Waals surface area contributed by atoms with Gasteiger partial charge in [-0.05, 0) is 28.9 Å². The van der Waals surface area contributed by atoms with Crippen LogP contribution < -0.4 is 0 Å². The van der Waals surface area contributed by atoms with E-state index in [0.29, 0.717) is 4.47 Å². The number of esters is 1. The van der Waals surface area contributed by atoms with Crippen LogP contribution in [0.1, 0.15) is 17.4 Å². The lowest BCUT2D eigenvalue weighted by Crippen LogP contribution is -2.06. The standard InChI is InChI=1S/C8H8BrNO3/c1-2-13-8(12)7-6(11)3-5(9)4-10-7/h3-4,11H,2H2,1H3. The van der Waals surface area contributed by atoms with Crippen LogP contribution >= 0.6 is 15.9 Å². The second-order valence-electron chi connectivity index (χ2n) is 2.24. The van der Waals surface area contributed by atoms with Crippen LogP contribution in [0.15, 0.2) is 16.7 Å². The molecule has 0 unspecified atom stereocenters. The van der Waals surface area contributed by atoms with Crippen molar-refractivity contribution in [2.75, 3.05) is 6.61 Å². The van der Waals surface area contributed by atoms with Gasteiger partial charge in [-0.25, -0.2) is 9.78 Å². The molecular weight excluding hydrogens is 238 g/mol. The number of carbonyl (C=O) groups is 1. The summed E-state index contributed by atoms with van der Waals surface area (Å²) < 4.78 is 5.28. The normalized spacial score (nSPS) is 9.69. The average molecular weight is 246 g/mol. The molecule has 0 aliphatic heterocycles. The summed E-state index contributed by atoms with van der Waals surface area (Å²) >= 11 is 3.11. The minimum atomic E-state index is -0.618. The number of hydrogen-bond acceptors (Lipinski definition) is 4. The van der Waals surface area contributed by atoms with Crippen LogP contribution in [0.25, 0.3) is 0 Å². The summed E-state index contributed by atoms with van der Waals surface area (Å²) in [6, 6.07) is 1.39. The van der Waals surface area contributed by atoms with E-state index in [2.05, 4.69) is 25.7 Å². The van der Waals surface area contributed by atoms with Crippen LogP contribution in [0.2, 0.25) is 0 Å². The molecule has 4 nitrogen and oxygen atoms in total. The van der Waals surface area contributed by atoms with E-state index in [1.165, 1.54) is 12.3 Å².